The quantitative estimate of drug-likeness (QED) is 0.226. The maximum Gasteiger partial charge on any atom is 0.250 e. The van der Waals surface area contributed by atoms with Crippen LogP contribution in [0.3, 0.4) is 0 Å². The summed E-state index contributed by atoms with van der Waals surface area (Å²) in [6.07, 6.45) is 2.96. The highest BCUT2D eigenvalue weighted by molar-refractivity contribution is 8.01. The number of hydrogen-bond acceptors (Lipinski definition) is 9. The summed E-state index contributed by atoms with van der Waals surface area (Å²) in [5.74, 6) is 0.961. The van der Waals surface area contributed by atoms with E-state index in [1.165, 1.54) is 50.5 Å². The fourth-order valence-electron chi connectivity index (χ4n) is 2.73. The normalized spacial score (nSPS) is 10.7. The van der Waals surface area contributed by atoms with E-state index in [1.54, 1.807) is 42.5 Å². The van der Waals surface area contributed by atoms with Crippen LogP contribution in [0.1, 0.15) is 5.56 Å². The van der Waals surface area contributed by atoms with Crippen LogP contribution in [-0.4, -0.2) is 49.1 Å². The monoisotopic (exact) mass is 520 g/mol. The molecule has 2 amide bonds. The third kappa shape index (κ3) is 7.11. The molecule has 0 atom stereocenters. The minimum absolute atomic E-state index is 0.135. The van der Waals surface area contributed by atoms with Crippen molar-refractivity contribution in [2.45, 2.75) is 4.34 Å². The summed E-state index contributed by atoms with van der Waals surface area (Å²) in [5, 5.41) is 14.2. The van der Waals surface area contributed by atoms with Gasteiger partial charge in [-0.15, -0.1) is 10.2 Å². The van der Waals surface area contributed by atoms with Gasteiger partial charge in [0.1, 0.15) is 0 Å². The highest BCUT2D eigenvalue weighted by Crippen LogP contribution is 2.38. The van der Waals surface area contributed by atoms with Gasteiger partial charge in [0.05, 0.1) is 27.1 Å². The van der Waals surface area contributed by atoms with E-state index in [0.717, 1.165) is 0 Å². The molecule has 0 radical (unpaired) electrons. The SMILES string of the molecule is COc1cc(/C=C/C(=O)Nc2nnc(SCC(=O)Nc3cccc(Cl)c3)s2)cc(OC)c1OC. The number of carbonyl (C=O) groups excluding carboxylic acids is 2. The Balaban J connectivity index is 1.54. The van der Waals surface area contributed by atoms with E-state index in [0.29, 0.717) is 43.0 Å². The Morgan fingerprint density at radius 1 is 1.06 bits per heavy atom. The molecule has 0 unspecified atom stereocenters. The van der Waals surface area contributed by atoms with Crippen LogP contribution in [-0.2, 0) is 9.59 Å². The van der Waals surface area contributed by atoms with Crippen molar-refractivity contribution in [3.63, 3.8) is 0 Å². The zero-order valence-electron chi connectivity index (χ0n) is 18.5. The Morgan fingerprint density at radius 3 is 2.44 bits per heavy atom. The topological polar surface area (TPSA) is 112 Å². The number of nitrogens with one attached hydrogen (secondary N) is 2. The number of benzene rings is 2. The number of halogens is 1. The van der Waals surface area contributed by atoms with Crippen LogP contribution in [0.5, 0.6) is 17.2 Å². The highest BCUT2D eigenvalue weighted by atomic mass is 35.5. The lowest BCUT2D eigenvalue weighted by molar-refractivity contribution is -0.114. The van der Waals surface area contributed by atoms with Gasteiger partial charge >= 0.3 is 0 Å². The van der Waals surface area contributed by atoms with Crippen LogP contribution in [0.25, 0.3) is 6.08 Å². The summed E-state index contributed by atoms with van der Waals surface area (Å²) in [6, 6.07) is 10.3. The van der Waals surface area contributed by atoms with Gasteiger partial charge in [-0.3, -0.25) is 14.9 Å². The lowest BCUT2D eigenvalue weighted by atomic mass is 10.1. The third-order valence-corrected chi connectivity index (χ3v) is 6.39. The molecule has 1 aromatic heterocycles. The number of carbonyl (C=O) groups is 2. The van der Waals surface area contributed by atoms with Gasteiger partial charge in [0, 0.05) is 16.8 Å². The Bertz CT molecular complexity index is 1180. The van der Waals surface area contributed by atoms with Crippen molar-refractivity contribution in [2.75, 3.05) is 37.7 Å². The smallest absolute Gasteiger partial charge is 0.250 e. The van der Waals surface area contributed by atoms with Gasteiger partial charge in [0.25, 0.3) is 0 Å². The summed E-state index contributed by atoms with van der Waals surface area (Å²) in [6.45, 7) is 0. The predicted molar refractivity (Wildman–Crippen MR) is 134 cm³/mol. The number of anilines is 2. The molecule has 0 aliphatic rings. The highest BCUT2D eigenvalue weighted by Gasteiger charge is 2.13. The van der Waals surface area contributed by atoms with Gasteiger partial charge < -0.3 is 19.5 Å². The molecular weight excluding hydrogens is 500 g/mol. The largest absolute Gasteiger partial charge is 0.493 e. The second kappa shape index (κ2) is 12.3. The lowest BCUT2D eigenvalue weighted by Gasteiger charge is -2.12. The summed E-state index contributed by atoms with van der Waals surface area (Å²) >= 11 is 8.29. The summed E-state index contributed by atoms with van der Waals surface area (Å²) < 4.78 is 16.5. The van der Waals surface area contributed by atoms with Crippen molar-refractivity contribution >= 4 is 63.4 Å². The molecule has 12 heteroatoms. The van der Waals surface area contributed by atoms with Gasteiger partial charge in [-0.1, -0.05) is 40.8 Å². The second-order valence-corrected chi connectivity index (χ2v) is 9.14. The molecule has 2 aromatic carbocycles. The van der Waals surface area contributed by atoms with E-state index >= 15 is 0 Å². The number of rotatable bonds is 10. The van der Waals surface area contributed by atoms with E-state index in [-0.39, 0.29) is 17.6 Å². The van der Waals surface area contributed by atoms with Crippen molar-refractivity contribution in [1.29, 1.82) is 0 Å². The van der Waals surface area contributed by atoms with Crippen LogP contribution < -0.4 is 24.8 Å². The van der Waals surface area contributed by atoms with E-state index < -0.39 is 0 Å². The first-order chi connectivity index (χ1) is 16.4. The Kier molecular flexibility index (Phi) is 9.14. The number of hydrogen-bond donors (Lipinski definition) is 2. The average molecular weight is 521 g/mol. The first kappa shape index (κ1) is 25.3. The predicted octanol–water partition coefficient (Wildman–Crippen LogP) is 4.60. The van der Waals surface area contributed by atoms with Crippen LogP contribution in [0.15, 0.2) is 46.8 Å². The number of thioether (sulfide) groups is 1. The number of amides is 2. The molecule has 2 N–H and O–H groups in total. The fourth-order valence-corrected chi connectivity index (χ4v) is 4.47. The molecule has 178 valence electrons. The van der Waals surface area contributed by atoms with Crippen LogP contribution in [0, 0.1) is 0 Å². The van der Waals surface area contributed by atoms with Crippen molar-refractivity contribution in [1.82, 2.24) is 10.2 Å². The molecule has 3 rings (SSSR count). The van der Waals surface area contributed by atoms with Crippen LogP contribution in [0.4, 0.5) is 10.8 Å². The number of ether oxygens (including phenoxy) is 3. The maximum absolute atomic E-state index is 12.3. The Morgan fingerprint density at radius 2 is 1.79 bits per heavy atom. The van der Waals surface area contributed by atoms with Gasteiger partial charge in [-0.2, -0.15) is 0 Å². The number of nitrogens with zero attached hydrogens (tertiary/aromatic N) is 2. The van der Waals surface area contributed by atoms with Crippen LogP contribution >= 0.6 is 34.7 Å². The van der Waals surface area contributed by atoms with E-state index in [1.807, 2.05) is 0 Å². The third-order valence-electron chi connectivity index (χ3n) is 4.19. The summed E-state index contributed by atoms with van der Waals surface area (Å²) in [7, 11) is 4.55. The molecular formula is C22H21ClN4O5S2. The fraction of sp³-hybridized carbons (Fsp3) is 0.182. The van der Waals surface area contributed by atoms with Gasteiger partial charge in [0.2, 0.25) is 22.7 Å². The molecule has 0 aliphatic heterocycles. The zero-order chi connectivity index (χ0) is 24.5. The Hall–Kier alpha value is -3.28. The van der Waals surface area contributed by atoms with E-state index in [4.69, 9.17) is 25.8 Å². The average Bonchev–Trinajstić information content (AvgIpc) is 3.27. The molecule has 1 heterocycles. The van der Waals surface area contributed by atoms with Crippen molar-refractivity contribution < 1.29 is 23.8 Å². The molecule has 3 aromatic rings. The maximum atomic E-state index is 12.3. The zero-order valence-corrected chi connectivity index (χ0v) is 20.8. The van der Waals surface area contributed by atoms with E-state index in [9.17, 15) is 9.59 Å². The lowest BCUT2D eigenvalue weighted by Crippen LogP contribution is -2.13. The van der Waals surface area contributed by atoms with Crippen molar-refractivity contribution in [3.8, 4) is 17.2 Å². The van der Waals surface area contributed by atoms with Gasteiger partial charge in [-0.25, -0.2) is 0 Å². The Labute approximate surface area is 209 Å². The number of aromatic nitrogens is 2. The molecule has 0 saturated carbocycles. The first-order valence-corrected chi connectivity index (χ1v) is 11.9. The molecule has 34 heavy (non-hydrogen) atoms. The standard InChI is InChI=1S/C22H21ClN4O5S2/c1-30-16-9-13(10-17(31-2)20(16)32-3)7-8-18(28)25-21-26-27-22(34-21)33-12-19(29)24-15-6-4-5-14(23)11-15/h4-11H,12H2,1-3H3,(H,24,29)(H,25,26,28)/b8-7+. The summed E-state index contributed by atoms with van der Waals surface area (Å²) in [5.41, 5.74) is 1.30. The summed E-state index contributed by atoms with van der Waals surface area (Å²) in [4.78, 5) is 24.4. The minimum Gasteiger partial charge on any atom is -0.493 e. The molecule has 0 fully saturated rings. The minimum atomic E-state index is -0.389. The molecule has 0 saturated heterocycles. The van der Waals surface area contributed by atoms with Gasteiger partial charge in [0.15, 0.2) is 15.8 Å². The van der Waals surface area contributed by atoms with E-state index in [2.05, 4.69) is 20.8 Å². The van der Waals surface area contributed by atoms with Gasteiger partial charge in [-0.05, 0) is 42.0 Å². The number of methoxy groups -OCH3 is 3. The van der Waals surface area contributed by atoms with Crippen LogP contribution in [0.2, 0.25) is 5.02 Å². The molecule has 0 bridgehead atoms. The molecule has 0 spiro atoms. The first-order valence-electron chi connectivity index (χ1n) is 9.72. The second-order valence-electron chi connectivity index (χ2n) is 6.50. The van der Waals surface area contributed by atoms with Crippen molar-refractivity contribution in [3.05, 3.63) is 53.1 Å². The molecule has 0 aliphatic carbocycles. The molecule has 9 nitrogen and oxygen atoms in total. The van der Waals surface area contributed by atoms with Crippen molar-refractivity contribution in [2.24, 2.45) is 0 Å².